The van der Waals surface area contributed by atoms with Gasteiger partial charge in [0.2, 0.25) is 5.69 Å². The lowest BCUT2D eigenvalue weighted by Crippen LogP contribution is -2.03. The number of carboxylic acids is 1. The molecule has 0 saturated heterocycles. The minimum atomic E-state index is -1.40. The van der Waals surface area contributed by atoms with Gasteiger partial charge in [-0.05, 0) is 12.3 Å². The van der Waals surface area contributed by atoms with Gasteiger partial charge in [0, 0.05) is 0 Å². The van der Waals surface area contributed by atoms with Crippen LogP contribution in [0, 0.1) is 16.0 Å². The van der Waals surface area contributed by atoms with E-state index in [0.29, 0.717) is 6.42 Å². The predicted molar refractivity (Wildman–Crippen MR) is 50.7 cm³/mol. The van der Waals surface area contributed by atoms with E-state index in [1.807, 2.05) is 13.8 Å². The van der Waals surface area contributed by atoms with Crippen LogP contribution in [0.1, 0.15) is 30.0 Å². The van der Waals surface area contributed by atoms with E-state index in [9.17, 15) is 14.9 Å². The molecule has 1 aromatic heterocycles. The van der Waals surface area contributed by atoms with E-state index in [0.717, 1.165) is 0 Å². The number of nitro groups is 1. The van der Waals surface area contributed by atoms with Gasteiger partial charge in [-0.3, -0.25) is 15.2 Å². The van der Waals surface area contributed by atoms with Crippen molar-refractivity contribution in [3.05, 3.63) is 21.5 Å². The quantitative estimate of drug-likeness (QED) is 0.577. The molecular weight excluding hydrogens is 202 g/mol. The van der Waals surface area contributed by atoms with Crippen LogP contribution in [0.25, 0.3) is 0 Å². The molecule has 0 radical (unpaired) electrons. The molecule has 15 heavy (non-hydrogen) atoms. The number of carbonyl (C=O) groups is 1. The van der Waals surface area contributed by atoms with E-state index in [1.165, 1.54) is 0 Å². The highest BCUT2D eigenvalue weighted by atomic mass is 16.6. The van der Waals surface area contributed by atoms with E-state index in [2.05, 4.69) is 10.2 Å². The molecule has 7 heteroatoms. The largest absolute Gasteiger partial charge is 0.476 e. The molecule has 82 valence electrons. The minimum Gasteiger partial charge on any atom is -0.476 e. The van der Waals surface area contributed by atoms with Gasteiger partial charge < -0.3 is 5.11 Å². The first-order valence-corrected chi connectivity index (χ1v) is 4.38. The van der Waals surface area contributed by atoms with Crippen molar-refractivity contribution >= 4 is 11.7 Å². The molecule has 0 aromatic carbocycles. The summed E-state index contributed by atoms with van der Waals surface area (Å²) in [7, 11) is 0. The molecule has 0 aliphatic carbocycles. The monoisotopic (exact) mass is 213 g/mol. The number of nitrogens with zero attached hydrogens (tertiary/aromatic N) is 2. The van der Waals surface area contributed by atoms with Gasteiger partial charge in [-0.15, -0.1) is 0 Å². The average Bonchev–Trinajstić information content (AvgIpc) is 2.46. The van der Waals surface area contributed by atoms with Crippen LogP contribution in [0.5, 0.6) is 0 Å². The third kappa shape index (κ3) is 2.30. The van der Waals surface area contributed by atoms with E-state index in [4.69, 9.17) is 5.11 Å². The molecule has 0 aliphatic heterocycles. The van der Waals surface area contributed by atoms with Crippen LogP contribution in [0.4, 0.5) is 5.69 Å². The van der Waals surface area contributed by atoms with Crippen molar-refractivity contribution in [3.8, 4) is 0 Å². The maximum absolute atomic E-state index is 10.7. The van der Waals surface area contributed by atoms with Gasteiger partial charge in [-0.1, -0.05) is 13.8 Å². The second-order valence-electron chi connectivity index (χ2n) is 3.56. The lowest BCUT2D eigenvalue weighted by atomic mass is 10.1. The smallest absolute Gasteiger partial charge is 0.363 e. The highest BCUT2D eigenvalue weighted by Crippen LogP contribution is 2.23. The first-order chi connectivity index (χ1) is 6.93. The van der Waals surface area contributed by atoms with E-state index in [1.54, 1.807) is 0 Å². The van der Waals surface area contributed by atoms with Crippen LogP contribution in [0.3, 0.4) is 0 Å². The Balaban J connectivity index is 3.18. The Labute approximate surface area is 85.3 Å². The summed E-state index contributed by atoms with van der Waals surface area (Å²) in [5, 5.41) is 25.2. The summed E-state index contributed by atoms with van der Waals surface area (Å²) < 4.78 is 0. The van der Waals surface area contributed by atoms with E-state index >= 15 is 0 Å². The molecule has 0 fully saturated rings. The molecule has 2 N–H and O–H groups in total. The zero-order valence-electron chi connectivity index (χ0n) is 8.35. The molecule has 1 rings (SSSR count). The van der Waals surface area contributed by atoms with Gasteiger partial charge in [-0.2, -0.15) is 5.10 Å². The number of aromatic carboxylic acids is 1. The Morgan fingerprint density at radius 3 is 2.67 bits per heavy atom. The van der Waals surface area contributed by atoms with Crippen molar-refractivity contribution in [1.29, 1.82) is 0 Å². The molecule has 1 aromatic rings. The summed E-state index contributed by atoms with van der Waals surface area (Å²) in [6.45, 7) is 3.76. The van der Waals surface area contributed by atoms with Gasteiger partial charge in [0.15, 0.2) is 0 Å². The number of hydrogen-bond acceptors (Lipinski definition) is 4. The van der Waals surface area contributed by atoms with Crippen LogP contribution in [-0.4, -0.2) is 26.2 Å². The Hall–Kier alpha value is -1.92. The number of aromatic nitrogens is 2. The van der Waals surface area contributed by atoms with Gasteiger partial charge in [0.1, 0.15) is 5.69 Å². The van der Waals surface area contributed by atoms with Crippen molar-refractivity contribution in [2.24, 2.45) is 5.92 Å². The van der Waals surface area contributed by atoms with Crippen LogP contribution >= 0.6 is 0 Å². The fourth-order valence-corrected chi connectivity index (χ4v) is 1.27. The molecule has 0 spiro atoms. The van der Waals surface area contributed by atoms with Gasteiger partial charge in [0.25, 0.3) is 0 Å². The topological polar surface area (TPSA) is 109 Å². The molecule has 0 atom stereocenters. The lowest BCUT2D eigenvalue weighted by Gasteiger charge is -2.00. The Bertz CT molecular complexity index is 397. The fraction of sp³-hybridized carbons (Fsp3) is 0.500. The molecule has 0 saturated carbocycles. The number of aromatic amines is 1. The molecule has 0 aliphatic rings. The minimum absolute atomic E-state index is 0.186. The van der Waals surface area contributed by atoms with Crippen LogP contribution in [-0.2, 0) is 6.42 Å². The Morgan fingerprint density at radius 2 is 2.27 bits per heavy atom. The fourth-order valence-electron chi connectivity index (χ4n) is 1.27. The SMILES string of the molecule is CC(C)Cc1[nH]nc(C(=O)O)c1[N+](=O)[O-]. The van der Waals surface area contributed by atoms with Crippen LogP contribution in [0.15, 0.2) is 0 Å². The molecule has 0 unspecified atom stereocenters. The highest BCUT2D eigenvalue weighted by molar-refractivity contribution is 5.90. The number of nitrogens with one attached hydrogen (secondary N) is 1. The highest BCUT2D eigenvalue weighted by Gasteiger charge is 2.28. The molecule has 7 nitrogen and oxygen atoms in total. The normalized spacial score (nSPS) is 10.6. The second kappa shape index (κ2) is 4.07. The zero-order valence-corrected chi connectivity index (χ0v) is 8.35. The number of rotatable bonds is 4. The van der Waals surface area contributed by atoms with Crippen LogP contribution in [0.2, 0.25) is 0 Å². The van der Waals surface area contributed by atoms with Gasteiger partial charge in [0.05, 0.1) is 4.92 Å². The van der Waals surface area contributed by atoms with Crippen molar-refractivity contribution in [2.75, 3.05) is 0 Å². The van der Waals surface area contributed by atoms with Gasteiger partial charge >= 0.3 is 11.7 Å². The molecule has 0 amide bonds. The predicted octanol–water partition coefficient (Wildman–Crippen LogP) is 1.21. The summed E-state index contributed by atoms with van der Waals surface area (Å²) in [5.41, 5.74) is -0.709. The first-order valence-electron chi connectivity index (χ1n) is 4.38. The summed E-state index contributed by atoms with van der Waals surface area (Å²) in [6, 6.07) is 0. The van der Waals surface area contributed by atoms with E-state index < -0.39 is 22.3 Å². The molecular formula is C8H11N3O4. The van der Waals surface area contributed by atoms with Gasteiger partial charge in [-0.25, -0.2) is 4.79 Å². The third-order valence-corrected chi connectivity index (χ3v) is 1.81. The number of H-pyrrole nitrogens is 1. The maximum atomic E-state index is 10.7. The first kappa shape index (κ1) is 11.2. The number of carboxylic acid groups (broad SMARTS) is 1. The maximum Gasteiger partial charge on any atom is 0.363 e. The average molecular weight is 213 g/mol. The lowest BCUT2D eigenvalue weighted by molar-refractivity contribution is -0.385. The zero-order chi connectivity index (χ0) is 11.6. The number of hydrogen-bond donors (Lipinski definition) is 2. The Morgan fingerprint density at radius 1 is 1.67 bits per heavy atom. The van der Waals surface area contributed by atoms with Crippen molar-refractivity contribution in [1.82, 2.24) is 10.2 Å². The third-order valence-electron chi connectivity index (χ3n) is 1.81. The summed E-state index contributed by atoms with van der Waals surface area (Å²) in [5.74, 6) is -1.21. The van der Waals surface area contributed by atoms with E-state index in [-0.39, 0.29) is 11.6 Å². The van der Waals surface area contributed by atoms with Crippen molar-refractivity contribution < 1.29 is 14.8 Å². The van der Waals surface area contributed by atoms with Crippen molar-refractivity contribution in [3.63, 3.8) is 0 Å². The molecule has 0 bridgehead atoms. The second-order valence-corrected chi connectivity index (χ2v) is 3.56. The summed E-state index contributed by atoms with van der Waals surface area (Å²) in [6.07, 6.45) is 0.399. The summed E-state index contributed by atoms with van der Waals surface area (Å²) in [4.78, 5) is 20.6. The Kier molecular flexibility index (Phi) is 3.03. The molecule has 1 heterocycles. The summed E-state index contributed by atoms with van der Waals surface area (Å²) >= 11 is 0. The van der Waals surface area contributed by atoms with Crippen molar-refractivity contribution in [2.45, 2.75) is 20.3 Å². The van der Waals surface area contributed by atoms with Crippen LogP contribution < -0.4 is 0 Å². The standard InChI is InChI=1S/C8H11N3O4/c1-4(2)3-5-7(11(14)15)6(8(12)13)10-9-5/h4H,3H2,1-2H3,(H,9,10)(H,12,13).